The number of aliphatic hydroxyl groups is 3. The van der Waals surface area contributed by atoms with E-state index in [0.29, 0.717) is 0 Å². The molecule has 0 amide bonds. The number of carboxylic acids is 2. The first-order valence-electron chi connectivity index (χ1n) is 6.70. The number of carbonyl (C=O) groups is 3. The summed E-state index contributed by atoms with van der Waals surface area (Å²) in [4.78, 5) is 33.7. The molecule has 0 spiro atoms. The van der Waals surface area contributed by atoms with Crippen LogP contribution in [0.3, 0.4) is 0 Å². The highest BCUT2D eigenvalue weighted by molar-refractivity contribution is 5.96. The van der Waals surface area contributed by atoms with Crippen molar-refractivity contribution in [3.8, 4) is 0 Å². The zero-order valence-corrected chi connectivity index (χ0v) is 12.4. The van der Waals surface area contributed by atoms with Crippen LogP contribution >= 0.6 is 0 Å². The molecule has 0 radical (unpaired) electrons. The van der Waals surface area contributed by atoms with E-state index >= 15 is 0 Å². The van der Waals surface area contributed by atoms with Gasteiger partial charge in [0, 0.05) is 12.8 Å². The Labute approximate surface area is 131 Å². The fraction of sp³-hybridized carbons (Fsp3) is 0.615. The minimum atomic E-state index is -2.18. The number of allylic oxidation sites excluding steroid dienone is 1. The standard InChI is InChI=1S/C13H19NO9/c1-23-10-7(16)4-13(22,5-15)11(19)9(10)14-6(12(20)21)2-3-8(17)18/h6,11,14-15,19,22H,2-5H2,1H3,(H,17,18)(H,20,21)/t6-,11?,13?/m0/s1. The minimum Gasteiger partial charge on any atom is -0.491 e. The number of aliphatic hydroxyl groups excluding tert-OH is 2. The maximum absolute atomic E-state index is 11.9. The topological polar surface area (TPSA) is 174 Å². The molecule has 1 rings (SSSR count). The van der Waals surface area contributed by atoms with Crippen LogP contribution in [0.2, 0.25) is 0 Å². The molecule has 6 N–H and O–H groups in total. The molecule has 10 heteroatoms. The van der Waals surface area contributed by atoms with E-state index in [1.807, 2.05) is 0 Å². The van der Waals surface area contributed by atoms with E-state index in [1.165, 1.54) is 0 Å². The van der Waals surface area contributed by atoms with Gasteiger partial charge in [0.25, 0.3) is 0 Å². The minimum absolute atomic E-state index is 0.330. The number of aliphatic carboxylic acids is 2. The summed E-state index contributed by atoms with van der Waals surface area (Å²) in [6, 6.07) is -1.44. The summed E-state index contributed by atoms with van der Waals surface area (Å²) < 4.78 is 4.84. The smallest absolute Gasteiger partial charge is 0.326 e. The molecule has 0 heterocycles. The second-order valence-corrected chi connectivity index (χ2v) is 5.18. The molecule has 0 aliphatic heterocycles. The van der Waals surface area contributed by atoms with Crippen molar-refractivity contribution >= 4 is 17.7 Å². The van der Waals surface area contributed by atoms with E-state index in [4.69, 9.17) is 14.9 Å². The van der Waals surface area contributed by atoms with Gasteiger partial charge in [0.05, 0.1) is 19.4 Å². The summed E-state index contributed by atoms with van der Waals surface area (Å²) in [5.74, 6) is -3.74. The van der Waals surface area contributed by atoms with Crippen molar-refractivity contribution in [1.29, 1.82) is 0 Å². The fourth-order valence-electron chi connectivity index (χ4n) is 2.22. The third kappa shape index (κ3) is 4.18. The highest BCUT2D eigenvalue weighted by Crippen LogP contribution is 2.30. The average Bonchev–Trinajstić information content (AvgIpc) is 2.47. The highest BCUT2D eigenvalue weighted by atomic mass is 16.5. The number of Topliss-reactive ketones (excluding diaryl/α,β-unsaturated/α-hetero) is 1. The van der Waals surface area contributed by atoms with Crippen LogP contribution in [0.15, 0.2) is 11.5 Å². The number of ketones is 1. The maximum atomic E-state index is 11.9. The van der Waals surface area contributed by atoms with E-state index in [0.717, 1.165) is 7.11 Å². The van der Waals surface area contributed by atoms with Gasteiger partial charge in [-0.2, -0.15) is 0 Å². The first kappa shape index (κ1) is 18.9. The Bertz CT molecular complexity index is 530. The lowest BCUT2D eigenvalue weighted by molar-refractivity contribution is -0.144. The average molecular weight is 333 g/mol. The number of methoxy groups -OCH3 is 1. The van der Waals surface area contributed by atoms with E-state index in [-0.39, 0.29) is 12.2 Å². The van der Waals surface area contributed by atoms with Gasteiger partial charge in [-0.05, 0) is 6.42 Å². The van der Waals surface area contributed by atoms with Crippen LogP contribution in [-0.2, 0) is 19.1 Å². The van der Waals surface area contributed by atoms with E-state index in [9.17, 15) is 29.7 Å². The van der Waals surface area contributed by atoms with Crippen LogP contribution in [0, 0.1) is 0 Å². The molecule has 130 valence electrons. The zero-order valence-electron chi connectivity index (χ0n) is 12.4. The van der Waals surface area contributed by atoms with Crippen molar-refractivity contribution in [2.75, 3.05) is 13.7 Å². The number of rotatable bonds is 8. The number of nitrogens with one attached hydrogen (secondary N) is 1. The van der Waals surface area contributed by atoms with Gasteiger partial charge in [0.1, 0.15) is 17.7 Å². The number of hydrogen-bond donors (Lipinski definition) is 6. The molecular weight excluding hydrogens is 314 g/mol. The molecule has 1 aliphatic carbocycles. The van der Waals surface area contributed by atoms with Gasteiger partial charge >= 0.3 is 11.9 Å². The van der Waals surface area contributed by atoms with Gasteiger partial charge in [-0.1, -0.05) is 0 Å². The summed E-state index contributed by atoms with van der Waals surface area (Å²) in [6.45, 7) is -0.936. The SMILES string of the molecule is COC1=C(N[C@@H](CCC(=O)O)C(=O)O)C(O)C(O)(CO)CC1=O. The van der Waals surface area contributed by atoms with Crippen molar-refractivity contribution in [3.05, 3.63) is 11.5 Å². The zero-order chi connectivity index (χ0) is 17.8. The van der Waals surface area contributed by atoms with E-state index < -0.39 is 60.6 Å². The van der Waals surface area contributed by atoms with Crippen LogP contribution in [0.25, 0.3) is 0 Å². The maximum Gasteiger partial charge on any atom is 0.326 e. The number of carboxylic acid groups (broad SMARTS) is 2. The van der Waals surface area contributed by atoms with Crippen molar-refractivity contribution in [2.45, 2.75) is 37.0 Å². The molecule has 0 saturated heterocycles. The third-order valence-electron chi connectivity index (χ3n) is 3.50. The van der Waals surface area contributed by atoms with Gasteiger partial charge in [0.2, 0.25) is 5.78 Å². The van der Waals surface area contributed by atoms with E-state index in [1.54, 1.807) is 0 Å². The monoisotopic (exact) mass is 333 g/mol. The molecule has 0 bridgehead atoms. The Morgan fingerprint density at radius 1 is 1.43 bits per heavy atom. The fourth-order valence-corrected chi connectivity index (χ4v) is 2.22. The molecule has 10 nitrogen and oxygen atoms in total. The molecule has 23 heavy (non-hydrogen) atoms. The van der Waals surface area contributed by atoms with Crippen molar-refractivity contribution in [3.63, 3.8) is 0 Å². The highest BCUT2D eigenvalue weighted by Gasteiger charge is 2.47. The van der Waals surface area contributed by atoms with Crippen molar-refractivity contribution in [1.82, 2.24) is 5.32 Å². The summed E-state index contributed by atoms with van der Waals surface area (Å²) in [5.41, 5.74) is -2.59. The lowest BCUT2D eigenvalue weighted by Crippen LogP contribution is -2.56. The van der Waals surface area contributed by atoms with Gasteiger partial charge in [0.15, 0.2) is 5.76 Å². The van der Waals surface area contributed by atoms with Crippen molar-refractivity contribution < 1.29 is 44.7 Å². The summed E-state index contributed by atoms with van der Waals surface area (Å²) in [7, 11) is 1.12. The quantitative estimate of drug-likeness (QED) is 0.286. The first-order valence-corrected chi connectivity index (χ1v) is 6.70. The summed E-state index contributed by atoms with van der Waals surface area (Å²) in [6.07, 6.45) is -3.20. The molecular formula is C13H19NO9. The molecule has 0 aromatic heterocycles. The summed E-state index contributed by atoms with van der Waals surface area (Å²) >= 11 is 0. The predicted octanol–water partition coefficient (Wildman–Crippen LogP) is -2.19. The molecule has 0 saturated carbocycles. The Kier molecular flexibility index (Phi) is 6.07. The molecule has 2 unspecified atom stereocenters. The Hall–Kier alpha value is -2.17. The number of ether oxygens (including phenoxy) is 1. The van der Waals surface area contributed by atoms with Crippen LogP contribution in [0.1, 0.15) is 19.3 Å². The lowest BCUT2D eigenvalue weighted by atomic mass is 9.83. The van der Waals surface area contributed by atoms with Crippen molar-refractivity contribution in [2.24, 2.45) is 0 Å². The summed E-state index contributed by atoms with van der Waals surface area (Å²) in [5, 5.41) is 49.5. The molecule has 3 atom stereocenters. The van der Waals surface area contributed by atoms with E-state index in [2.05, 4.69) is 5.32 Å². The second kappa shape index (κ2) is 7.40. The van der Waals surface area contributed by atoms with Gasteiger partial charge < -0.3 is 35.6 Å². The normalized spacial score (nSPS) is 25.9. The Morgan fingerprint density at radius 3 is 2.48 bits per heavy atom. The number of hydrogen-bond acceptors (Lipinski definition) is 8. The second-order valence-electron chi connectivity index (χ2n) is 5.18. The Balaban J connectivity index is 3.14. The number of carbonyl (C=O) groups excluding carboxylic acids is 1. The predicted molar refractivity (Wildman–Crippen MR) is 73.1 cm³/mol. The van der Waals surface area contributed by atoms with Gasteiger partial charge in [-0.25, -0.2) is 4.79 Å². The first-order chi connectivity index (χ1) is 10.7. The van der Waals surface area contributed by atoms with Gasteiger partial charge in [-0.3, -0.25) is 9.59 Å². The van der Waals surface area contributed by atoms with Crippen LogP contribution in [0.4, 0.5) is 0 Å². The molecule has 0 aromatic carbocycles. The van der Waals surface area contributed by atoms with Crippen LogP contribution in [0.5, 0.6) is 0 Å². The van der Waals surface area contributed by atoms with Crippen LogP contribution < -0.4 is 5.32 Å². The molecule has 0 fully saturated rings. The lowest BCUT2D eigenvalue weighted by Gasteiger charge is -2.37. The largest absolute Gasteiger partial charge is 0.491 e. The van der Waals surface area contributed by atoms with Gasteiger partial charge in [-0.15, -0.1) is 0 Å². The molecule has 0 aromatic rings. The Morgan fingerprint density at radius 2 is 2.04 bits per heavy atom. The van der Waals surface area contributed by atoms with Crippen LogP contribution in [-0.4, -0.2) is 74.7 Å². The third-order valence-corrected chi connectivity index (χ3v) is 3.50. The molecule has 1 aliphatic rings.